The van der Waals surface area contributed by atoms with Crippen molar-refractivity contribution < 1.29 is 21.2 Å². The molecule has 3 rings (SSSR count). The molecule has 0 aliphatic carbocycles. The molecule has 0 saturated carbocycles. The van der Waals surface area contributed by atoms with Gasteiger partial charge in [0.2, 0.25) is 10.0 Å². The first-order valence-electron chi connectivity index (χ1n) is 8.30. The zero-order valence-corrected chi connectivity index (χ0v) is 15.7. The van der Waals surface area contributed by atoms with Gasteiger partial charge in [0.25, 0.3) is 0 Å². The van der Waals surface area contributed by atoms with Crippen LogP contribution in [0.4, 0.5) is 4.39 Å². The van der Waals surface area contributed by atoms with Gasteiger partial charge in [0.15, 0.2) is 9.84 Å². The summed E-state index contributed by atoms with van der Waals surface area (Å²) in [4.78, 5) is 0.197. The number of hydrogen-bond donors (Lipinski definition) is 0. The minimum Gasteiger partial charge on any atom is -0.224 e. The van der Waals surface area contributed by atoms with E-state index in [1.54, 1.807) is 18.2 Å². The van der Waals surface area contributed by atoms with Crippen molar-refractivity contribution in [3.63, 3.8) is 0 Å². The highest BCUT2D eigenvalue weighted by molar-refractivity contribution is 7.91. The molecule has 1 aliphatic heterocycles. The van der Waals surface area contributed by atoms with Gasteiger partial charge >= 0.3 is 0 Å². The van der Waals surface area contributed by atoms with E-state index in [1.807, 2.05) is 0 Å². The maximum atomic E-state index is 13.0. The molecule has 0 N–H and O–H groups in total. The third-order valence-corrected chi connectivity index (χ3v) is 8.16. The number of sulfonamides is 1. The van der Waals surface area contributed by atoms with Crippen LogP contribution < -0.4 is 0 Å². The molecule has 1 atom stereocenters. The molecule has 0 bridgehead atoms. The van der Waals surface area contributed by atoms with E-state index in [-0.39, 0.29) is 16.4 Å². The van der Waals surface area contributed by atoms with Crippen molar-refractivity contribution >= 4 is 19.9 Å². The Morgan fingerprint density at radius 3 is 2.27 bits per heavy atom. The summed E-state index contributed by atoms with van der Waals surface area (Å²) in [7, 11) is -7.25. The molecule has 1 saturated heterocycles. The minimum absolute atomic E-state index is 0.197. The van der Waals surface area contributed by atoms with Crippen LogP contribution in [0.3, 0.4) is 0 Å². The third kappa shape index (κ3) is 4.31. The highest BCUT2D eigenvalue weighted by atomic mass is 32.2. The summed E-state index contributed by atoms with van der Waals surface area (Å²) in [5.41, 5.74) is 0.475. The van der Waals surface area contributed by atoms with Gasteiger partial charge in [-0.1, -0.05) is 30.3 Å². The normalized spacial score (nSPS) is 18.9. The Labute approximate surface area is 153 Å². The van der Waals surface area contributed by atoms with E-state index in [9.17, 15) is 21.2 Å². The van der Waals surface area contributed by atoms with Crippen LogP contribution in [-0.4, -0.2) is 39.5 Å². The lowest BCUT2D eigenvalue weighted by Gasteiger charge is -2.24. The second-order valence-electron chi connectivity index (χ2n) is 6.38. The van der Waals surface area contributed by atoms with Gasteiger partial charge in [-0.15, -0.1) is 0 Å². The lowest BCUT2D eigenvalue weighted by molar-refractivity contribution is 0.407. The van der Waals surface area contributed by atoms with E-state index in [0.717, 1.165) is 0 Å². The summed E-state index contributed by atoms with van der Waals surface area (Å²) in [6.45, 7) is 0.304. The zero-order valence-electron chi connectivity index (χ0n) is 14.1. The van der Waals surface area contributed by atoms with E-state index in [2.05, 4.69) is 0 Å². The van der Waals surface area contributed by atoms with Crippen molar-refractivity contribution in [1.29, 1.82) is 0 Å². The van der Waals surface area contributed by atoms with E-state index >= 15 is 0 Å². The maximum Gasteiger partial charge on any atom is 0.218 e. The fourth-order valence-corrected chi connectivity index (χ4v) is 6.73. The molecule has 140 valence electrons. The average Bonchev–Trinajstić information content (AvgIpc) is 3.06. The number of hydrogen-bond acceptors (Lipinski definition) is 4. The predicted octanol–water partition coefficient (Wildman–Crippen LogP) is 2.59. The van der Waals surface area contributed by atoms with Crippen molar-refractivity contribution in [2.24, 2.45) is 0 Å². The van der Waals surface area contributed by atoms with Crippen LogP contribution in [0.1, 0.15) is 18.4 Å². The molecule has 5 nitrogen and oxygen atoms in total. The lowest BCUT2D eigenvalue weighted by Crippen LogP contribution is -2.40. The molecule has 2 aromatic rings. The quantitative estimate of drug-likeness (QED) is 0.751. The van der Waals surface area contributed by atoms with Crippen LogP contribution in [-0.2, 0) is 25.6 Å². The molecule has 0 spiro atoms. The van der Waals surface area contributed by atoms with E-state index in [4.69, 9.17) is 0 Å². The molecule has 0 radical (unpaired) electrons. The standard InChI is InChI=1S/C18H20FNO4S2/c19-16-10-8-15(9-11-16)13-26(23,24)20-12-4-5-17(20)14-25(21,22)18-6-2-1-3-7-18/h1-3,6-11,17H,4-5,12-14H2. The number of benzene rings is 2. The summed E-state index contributed by atoms with van der Waals surface area (Å²) in [5.74, 6) is -0.936. The first kappa shape index (κ1) is 19.0. The third-order valence-electron chi connectivity index (χ3n) is 4.46. The Morgan fingerprint density at radius 2 is 1.62 bits per heavy atom. The summed E-state index contributed by atoms with van der Waals surface area (Å²) in [6.07, 6.45) is 1.13. The van der Waals surface area contributed by atoms with Gasteiger partial charge in [-0.05, 0) is 42.7 Å². The molecule has 0 amide bonds. The Hall–Kier alpha value is -1.77. The van der Waals surface area contributed by atoms with E-state index in [1.165, 1.54) is 40.7 Å². The first-order valence-corrected chi connectivity index (χ1v) is 11.6. The van der Waals surface area contributed by atoms with Gasteiger partial charge in [-0.3, -0.25) is 0 Å². The smallest absolute Gasteiger partial charge is 0.218 e. The monoisotopic (exact) mass is 397 g/mol. The van der Waals surface area contributed by atoms with Gasteiger partial charge in [0, 0.05) is 12.6 Å². The topological polar surface area (TPSA) is 71.5 Å². The molecule has 2 aromatic carbocycles. The van der Waals surface area contributed by atoms with Crippen molar-refractivity contribution in [2.45, 2.75) is 29.5 Å². The largest absolute Gasteiger partial charge is 0.224 e. The first-order chi connectivity index (χ1) is 12.3. The fourth-order valence-electron chi connectivity index (χ4n) is 3.19. The van der Waals surface area contributed by atoms with E-state index < -0.39 is 31.7 Å². The lowest BCUT2D eigenvalue weighted by atomic mass is 10.2. The van der Waals surface area contributed by atoms with Crippen LogP contribution >= 0.6 is 0 Å². The minimum atomic E-state index is -3.68. The van der Waals surface area contributed by atoms with Crippen molar-refractivity contribution in [1.82, 2.24) is 4.31 Å². The Kier molecular flexibility index (Phi) is 5.45. The molecule has 0 aromatic heterocycles. The van der Waals surface area contributed by atoms with Crippen LogP contribution in [0, 0.1) is 5.82 Å². The number of halogens is 1. The summed E-state index contributed by atoms with van der Waals surface area (Å²) < 4.78 is 65.0. The van der Waals surface area contributed by atoms with Gasteiger partial charge in [-0.25, -0.2) is 21.2 Å². The van der Waals surface area contributed by atoms with Crippen LogP contribution in [0.2, 0.25) is 0 Å². The molecule has 8 heteroatoms. The predicted molar refractivity (Wildman–Crippen MR) is 97.2 cm³/mol. The number of sulfone groups is 1. The molecular formula is C18H20FNO4S2. The van der Waals surface area contributed by atoms with Gasteiger partial charge < -0.3 is 0 Å². The molecule has 1 fully saturated rings. The highest BCUT2D eigenvalue weighted by Gasteiger charge is 2.37. The molecule has 1 unspecified atom stereocenters. The summed E-state index contributed by atoms with van der Waals surface area (Å²) in [5, 5.41) is 0. The maximum absolute atomic E-state index is 13.0. The highest BCUT2D eigenvalue weighted by Crippen LogP contribution is 2.26. The van der Waals surface area contributed by atoms with Gasteiger partial charge in [-0.2, -0.15) is 4.31 Å². The SMILES string of the molecule is O=S(=O)(CC1CCCN1S(=O)(=O)Cc1ccc(F)cc1)c1ccccc1. The second-order valence-corrected chi connectivity index (χ2v) is 10.3. The average molecular weight is 397 g/mol. The zero-order chi connectivity index (χ0) is 18.8. The van der Waals surface area contributed by atoms with Crippen LogP contribution in [0.15, 0.2) is 59.5 Å². The molecule has 1 aliphatic rings. The van der Waals surface area contributed by atoms with Crippen molar-refractivity contribution in [3.8, 4) is 0 Å². The van der Waals surface area contributed by atoms with Crippen LogP contribution in [0.5, 0.6) is 0 Å². The van der Waals surface area contributed by atoms with Gasteiger partial charge in [0.05, 0.1) is 16.4 Å². The van der Waals surface area contributed by atoms with Gasteiger partial charge in [0.1, 0.15) is 5.82 Å². The Balaban J connectivity index is 1.78. The summed E-state index contributed by atoms with van der Waals surface area (Å²) in [6, 6.07) is 12.8. The number of rotatable bonds is 6. The van der Waals surface area contributed by atoms with Crippen molar-refractivity contribution in [2.75, 3.05) is 12.3 Å². The van der Waals surface area contributed by atoms with Crippen LogP contribution in [0.25, 0.3) is 0 Å². The molecule has 1 heterocycles. The Morgan fingerprint density at radius 1 is 0.962 bits per heavy atom. The van der Waals surface area contributed by atoms with Crippen molar-refractivity contribution in [3.05, 3.63) is 66.0 Å². The van der Waals surface area contributed by atoms with E-state index in [0.29, 0.717) is 24.9 Å². The molecular weight excluding hydrogens is 377 g/mol. The fraction of sp³-hybridized carbons (Fsp3) is 0.333. The summed E-state index contributed by atoms with van der Waals surface area (Å²) >= 11 is 0. The Bertz CT molecular complexity index is 958. The second kappa shape index (κ2) is 7.46. The molecule has 26 heavy (non-hydrogen) atoms. The number of nitrogens with zero attached hydrogens (tertiary/aromatic N) is 1.